The minimum Gasteiger partial charge on any atom is -0.478 e. The number of hydrogen-bond acceptors (Lipinski definition) is 3. The largest absolute Gasteiger partial charge is 0.478 e. The lowest BCUT2D eigenvalue weighted by molar-refractivity contribution is -0.119. The van der Waals surface area contributed by atoms with Crippen LogP contribution >= 0.6 is 0 Å². The first-order valence-corrected chi connectivity index (χ1v) is 6.56. The van der Waals surface area contributed by atoms with Gasteiger partial charge in [0.25, 0.3) is 0 Å². The van der Waals surface area contributed by atoms with Gasteiger partial charge in [0.2, 0.25) is 5.91 Å². The highest BCUT2D eigenvalue weighted by atomic mass is 19.1. The van der Waals surface area contributed by atoms with Crippen LogP contribution in [0, 0.1) is 11.7 Å². The Labute approximate surface area is 116 Å². The zero-order valence-corrected chi connectivity index (χ0v) is 11.1. The molecule has 1 aliphatic heterocycles. The minimum absolute atomic E-state index is 0.000395. The number of halogens is 1. The summed E-state index contributed by atoms with van der Waals surface area (Å²) in [4.78, 5) is 22.8. The molecule has 1 heterocycles. The summed E-state index contributed by atoms with van der Waals surface area (Å²) in [5.74, 6) is -2.06. The monoisotopic (exact) mass is 280 g/mol. The molecule has 0 bridgehead atoms. The van der Waals surface area contributed by atoms with E-state index < -0.39 is 11.8 Å². The summed E-state index contributed by atoms with van der Waals surface area (Å²) in [7, 11) is 0. The molecule has 0 radical (unpaired) electrons. The van der Waals surface area contributed by atoms with Crippen LogP contribution < -0.4 is 10.6 Å². The van der Waals surface area contributed by atoms with Gasteiger partial charge in [0.05, 0.1) is 17.3 Å². The first-order chi connectivity index (χ1) is 9.49. The van der Waals surface area contributed by atoms with Crippen molar-refractivity contribution in [2.45, 2.75) is 25.8 Å². The predicted octanol–water partition coefficient (Wildman–Crippen LogP) is 1.85. The molecule has 1 saturated heterocycles. The van der Waals surface area contributed by atoms with E-state index in [-0.39, 0.29) is 29.1 Å². The second-order valence-electron chi connectivity index (χ2n) is 5.04. The van der Waals surface area contributed by atoms with Crippen molar-refractivity contribution in [3.63, 3.8) is 0 Å². The molecule has 0 spiro atoms. The number of carbonyl (C=O) groups is 2. The van der Waals surface area contributed by atoms with Gasteiger partial charge in [-0.3, -0.25) is 4.79 Å². The Morgan fingerprint density at radius 3 is 2.80 bits per heavy atom. The molecule has 3 N–H and O–H groups in total. The third-order valence-electron chi connectivity index (χ3n) is 3.53. The van der Waals surface area contributed by atoms with Crippen molar-refractivity contribution >= 4 is 17.6 Å². The van der Waals surface area contributed by atoms with Gasteiger partial charge in [-0.2, -0.15) is 0 Å². The molecule has 2 unspecified atom stereocenters. The van der Waals surface area contributed by atoms with E-state index in [1.165, 1.54) is 12.1 Å². The van der Waals surface area contributed by atoms with Gasteiger partial charge in [-0.1, -0.05) is 6.92 Å². The quantitative estimate of drug-likeness (QED) is 0.789. The number of carbonyl (C=O) groups excluding carboxylic acids is 1. The van der Waals surface area contributed by atoms with Crippen molar-refractivity contribution in [3.8, 4) is 0 Å². The van der Waals surface area contributed by atoms with Gasteiger partial charge >= 0.3 is 5.97 Å². The molecule has 1 aromatic rings. The van der Waals surface area contributed by atoms with Crippen molar-refractivity contribution in [1.29, 1.82) is 0 Å². The molecule has 1 aromatic carbocycles. The van der Waals surface area contributed by atoms with Crippen LogP contribution in [0.4, 0.5) is 10.1 Å². The highest BCUT2D eigenvalue weighted by Crippen LogP contribution is 2.20. The molecule has 1 fully saturated rings. The van der Waals surface area contributed by atoms with Crippen LogP contribution in [-0.4, -0.2) is 29.6 Å². The van der Waals surface area contributed by atoms with Gasteiger partial charge in [0.1, 0.15) is 5.82 Å². The van der Waals surface area contributed by atoms with Crippen molar-refractivity contribution < 1.29 is 19.1 Å². The minimum atomic E-state index is -1.20. The second kappa shape index (κ2) is 6.00. The SMILES string of the molecule is CC1CCCNC1C(=O)Nc1ccc(C(=O)O)cc1F. The summed E-state index contributed by atoms with van der Waals surface area (Å²) in [6, 6.07) is 3.08. The van der Waals surface area contributed by atoms with Crippen LogP contribution in [0.25, 0.3) is 0 Å². The fourth-order valence-corrected chi connectivity index (χ4v) is 2.36. The number of rotatable bonds is 3. The Balaban J connectivity index is 2.09. The van der Waals surface area contributed by atoms with Gasteiger partial charge in [-0.25, -0.2) is 9.18 Å². The number of amides is 1. The van der Waals surface area contributed by atoms with E-state index >= 15 is 0 Å². The first kappa shape index (κ1) is 14.5. The molecule has 2 rings (SSSR count). The van der Waals surface area contributed by atoms with Gasteiger partial charge in [0, 0.05) is 0 Å². The Morgan fingerprint density at radius 1 is 1.45 bits per heavy atom. The van der Waals surface area contributed by atoms with Gasteiger partial charge < -0.3 is 15.7 Å². The summed E-state index contributed by atoms with van der Waals surface area (Å²) in [6.07, 6.45) is 1.97. The molecular weight excluding hydrogens is 263 g/mol. The number of piperidine rings is 1. The third-order valence-corrected chi connectivity index (χ3v) is 3.53. The molecule has 20 heavy (non-hydrogen) atoms. The number of anilines is 1. The number of benzene rings is 1. The average molecular weight is 280 g/mol. The lowest BCUT2D eigenvalue weighted by atomic mass is 9.92. The molecule has 1 aliphatic rings. The van der Waals surface area contributed by atoms with Crippen molar-refractivity contribution in [2.24, 2.45) is 5.92 Å². The molecular formula is C14H17FN2O3. The zero-order chi connectivity index (χ0) is 14.7. The molecule has 2 atom stereocenters. The van der Waals surface area contributed by atoms with Crippen LogP contribution in [0.1, 0.15) is 30.1 Å². The molecule has 0 saturated carbocycles. The molecule has 5 nitrogen and oxygen atoms in total. The summed E-state index contributed by atoms with van der Waals surface area (Å²) in [5, 5.41) is 14.4. The molecule has 6 heteroatoms. The van der Waals surface area contributed by atoms with E-state index in [9.17, 15) is 14.0 Å². The van der Waals surface area contributed by atoms with Crippen LogP contribution in [-0.2, 0) is 4.79 Å². The maximum Gasteiger partial charge on any atom is 0.335 e. The normalized spacial score (nSPS) is 22.3. The van der Waals surface area contributed by atoms with E-state index in [1.807, 2.05) is 6.92 Å². The van der Waals surface area contributed by atoms with Crippen molar-refractivity contribution in [1.82, 2.24) is 5.32 Å². The number of nitrogens with one attached hydrogen (secondary N) is 2. The van der Waals surface area contributed by atoms with Gasteiger partial charge in [-0.05, 0) is 43.5 Å². The predicted molar refractivity (Wildman–Crippen MR) is 72.2 cm³/mol. The van der Waals surface area contributed by atoms with Gasteiger partial charge in [-0.15, -0.1) is 0 Å². The zero-order valence-electron chi connectivity index (χ0n) is 11.1. The maximum absolute atomic E-state index is 13.7. The molecule has 108 valence electrons. The second-order valence-corrected chi connectivity index (χ2v) is 5.04. The van der Waals surface area contributed by atoms with Crippen LogP contribution in [0.3, 0.4) is 0 Å². The van der Waals surface area contributed by atoms with E-state index in [0.29, 0.717) is 0 Å². The third kappa shape index (κ3) is 3.14. The molecule has 0 aliphatic carbocycles. The fourth-order valence-electron chi connectivity index (χ4n) is 2.36. The standard InChI is InChI=1S/C14H17FN2O3/c1-8-3-2-6-16-12(8)13(18)17-11-5-4-9(14(19)20)7-10(11)15/h4-5,7-8,12,16H,2-3,6H2,1H3,(H,17,18)(H,19,20). The van der Waals surface area contributed by atoms with E-state index in [4.69, 9.17) is 5.11 Å². The number of carboxylic acids is 1. The maximum atomic E-state index is 13.7. The van der Waals surface area contributed by atoms with Crippen molar-refractivity contribution in [3.05, 3.63) is 29.6 Å². The molecule has 0 aromatic heterocycles. The lowest BCUT2D eigenvalue weighted by Crippen LogP contribution is -2.48. The topological polar surface area (TPSA) is 78.4 Å². The van der Waals surface area contributed by atoms with E-state index in [1.54, 1.807) is 0 Å². The number of hydrogen-bond donors (Lipinski definition) is 3. The Kier molecular flexibility index (Phi) is 4.34. The van der Waals surface area contributed by atoms with Gasteiger partial charge in [0.15, 0.2) is 0 Å². The van der Waals surface area contributed by atoms with Crippen LogP contribution in [0.2, 0.25) is 0 Å². The molecule has 1 amide bonds. The van der Waals surface area contributed by atoms with Crippen LogP contribution in [0.5, 0.6) is 0 Å². The van der Waals surface area contributed by atoms with E-state index in [0.717, 1.165) is 25.5 Å². The average Bonchev–Trinajstić information content (AvgIpc) is 2.41. The summed E-state index contributed by atoms with van der Waals surface area (Å²) >= 11 is 0. The summed E-state index contributed by atoms with van der Waals surface area (Å²) in [6.45, 7) is 2.74. The lowest BCUT2D eigenvalue weighted by Gasteiger charge is -2.28. The fraction of sp³-hybridized carbons (Fsp3) is 0.429. The highest BCUT2D eigenvalue weighted by molar-refractivity contribution is 5.96. The van der Waals surface area contributed by atoms with E-state index in [2.05, 4.69) is 10.6 Å². The summed E-state index contributed by atoms with van der Waals surface area (Å²) in [5.41, 5.74) is -0.149. The Hall–Kier alpha value is -1.95. The smallest absolute Gasteiger partial charge is 0.335 e. The Morgan fingerprint density at radius 2 is 2.20 bits per heavy atom. The number of carboxylic acid groups (broad SMARTS) is 1. The Bertz CT molecular complexity index is 533. The number of aromatic carboxylic acids is 1. The van der Waals surface area contributed by atoms with Crippen LogP contribution in [0.15, 0.2) is 18.2 Å². The van der Waals surface area contributed by atoms with Crippen molar-refractivity contribution in [2.75, 3.05) is 11.9 Å². The highest BCUT2D eigenvalue weighted by Gasteiger charge is 2.27. The first-order valence-electron chi connectivity index (χ1n) is 6.56. The summed E-state index contributed by atoms with van der Waals surface area (Å²) < 4.78 is 13.7.